The molecule has 2 heterocycles. The summed E-state index contributed by atoms with van der Waals surface area (Å²) >= 11 is 0. The second kappa shape index (κ2) is 8.09. The van der Waals surface area contributed by atoms with Crippen molar-refractivity contribution in [2.45, 2.75) is 19.4 Å². The zero-order valence-corrected chi connectivity index (χ0v) is 15.3. The average Bonchev–Trinajstić information content (AvgIpc) is 3.11. The van der Waals surface area contributed by atoms with Crippen molar-refractivity contribution in [3.63, 3.8) is 0 Å². The number of benzene rings is 1. The lowest BCUT2D eigenvalue weighted by Gasteiger charge is -2.15. The second-order valence-electron chi connectivity index (χ2n) is 5.97. The number of ether oxygens (including phenoxy) is 3. The predicted octanol–water partition coefficient (Wildman–Crippen LogP) is 1.05. The Hall–Kier alpha value is -2.74. The fourth-order valence-corrected chi connectivity index (χ4v) is 3.12. The molecule has 1 aliphatic rings. The van der Waals surface area contributed by atoms with Gasteiger partial charge < -0.3 is 24.8 Å². The van der Waals surface area contributed by atoms with Gasteiger partial charge in [-0.2, -0.15) is 5.10 Å². The summed E-state index contributed by atoms with van der Waals surface area (Å²) in [4.78, 5) is 12.5. The summed E-state index contributed by atoms with van der Waals surface area (Å²) < 4.78 is 16.1. The summed E-state index contributed by atoms with van der Waals surface area (Å²) in [5.74, 6) is 1.80. The van der Waals surface area contributed by atoms with Crippen molar-refractivity contribution < 1.29 is 19.0 Å². The smallest absolute Gasteiger partial charge is 0.272 e. The van der Waals surface area contributed by atoms with Crippen LogP contribution in [0.3, 0.4) is 0 Å². The number of methoxy groups -OCH3 is 3. The molecule has 8 heteroatoms. The van der Waals surface area contributed by atoms with E-state index in [2.05, 4.69) is 20.8 Å². The fraction of sp³-hybridized carbons (Fsp3) is 0.444. The van der Waals surface area contributed by atoms with Crippen LogP contribution in [0.5, 0.6) is 17.2 Å². The number of H-pyrrole nitrogens is 1. The van der Waals surface area contributed by atoms with Gasteiger partial charge in [0.15, 0.2) is 5.69 Å². The number of hydrogen-bond acceptors (Lipinski definition) is 6. The van der Waals surface area contributed by atoms with E-state index in [0.29, 0.717) is 42.5 Å². The third kappa shape index (κ3) is 3.60. The number of nitrogens with one attached hydrogen (secondary N) is 3. The van der Waals surface area contributed by atoms with Crippen LogP contribution >= 0.6 is 0 Å². The van der Waals surface area contributed by atoms with Crippen LogP contribution < -0.4 is 24.8 Å². The molecular formula is C18H24N4O4. The third-order valence-electron chi connectivity index (χ3n) is 4.50. The first-order chi connectivity index (χ1) is 12.7. The molecule has 1 aromatic carbocycles. The molecule has 140 valence electrons. The van der Waals surface area contributed by atoms with E-state index in [4.69, 9.17) is 14.2 Å². The number of nitrogens with zero attached hydrogens (tertiary/aromatic N) is 1. The molecule has 26 heavy (non-hydrogen) atoms. The van der Waals surface area contributed by atoms with E-state index in [9.17, 15) is 4.79 Å². The van der Waals surface area contributed by atoms with Crippen LogP contribution in [0.1, 0.15) is 27.3 Å². The van der Waals surface area contributed by atoms with Gasteiger partial charge in [-0.25, -0.2) is 0 Å². The van der Waals surface area contributed by atoms with Crippen molar-refractivity contribution in [1.82, 2.24) is 20.8 Å². The van der Waals surface area contributed by atoms with E-state index >= 15 is 0 Å². The van der Waals surface area contributed by atoms with E-state index in [0.717, 1.165) is 29.8 Å². The summed E-state index contributed by atoms with van der Waals surface area (Å²) in [7, 11) is 4.78. The van der Waals surface area contributed by atoms with E-state index in [1.807, 2.05) is 0 Å². The van der Waals surface area contributed by atoms with E-state index in [1.165, 1.54) is 0 Å². The largest absolute Gasteiger partial charge is 0.496 e. The van der Waals surface area contributed by atoms with Gasteiger partial charge in [0.1, 0.15) is 17.2 Å². The van der Waals surface area contributed by atoms with Crippen LogP contribution in [0.2, 0.25) is 0 Å². The number of amides is 1. The molecule has 3 N–H and O–H groups in total. The molecule has 0 bridgehead atoms. The Kier molecular flexibility index (Phi) is 5.62. The molecule has 0 aliphatic carbocycles. The summed E-state index contributed by atoms with van der Waals surface area (Å²) in [6.07, 6.45) is 1.42. The Morgan fingerprint density at radius 1 is 1.19 bits per heavy atom. The quantitative estimate of drug-likeness (QED) is 0.683. The lowest BCUT2D eigenvalue weighted by molar-refractivity contribution is 0.0947. The molecule has 1 amide bonds. The minimum absolute atomic E-state index is 0.183. The Morgan fingerprint density at radius 2 is 1.92 bits per heavy atom. The van der Waals surface area contributed by atoms with Gasteiger partial charge in [0, 0.05) is 55.0 Å². The molecule has 1 aliphatic heterocycles. The van der Waals surface area contributed by atoms with Crippen LogP contribution in [-0.2, 0) is 19.4 Å². The molecule has 0 fully saturated rings. The first-order valence-corrected chi connectivity index (χ1v) is 8.51. The maximum Gasteiger partial charge on any atom is 0.272 e. The summed E-state index contributed by atoms with van der Waals surface area (Å²) in [5.41, 5.74) is 3.32. The van der Waals surface area contributed by atoms with Crippen molar-refractivity contribution in [2.75, 3.05) is 34.4 Å². The highest BCUT2D eigenvalue weighted by atomic mass is 16.5. The Balaban J connectivity index is 1.68. The minimum Gasteiger partial charge on any atom is -0.496 e. The second-order valence-corrected chi connectivity index (χ2v) is 5.97. The third-order valence-corrected chi connectivity index (χ3v) is 4.50. The van der Waals surface area contributed by atoms with E-state index in [1.54, 1.807) is 33.5 Å². The lowest BCUT2D eigenvalue weighted by Crippen LogP contribution is -2.29. The molecule has 0 radical (unpaired) electrons. The highest BCUT2D eigenvalue weighted by Crippen LogP contribution is 2.34. The Labute approximate surface area is 152 Å². The molecule has 2 aromatic rings. The predicted molar refractivity (Wildman–Crippen MR) is 96.1 cm³/mol. The summed E-state index contributed by atoms with van der Waals surface area (Å²) in [5, 5.41) is 13.3. The first-order valence-electron chi connectivity index (χ1n) is 8.51. The number of rotatable bonds is 7. The fourth-order valence-electron chi connectivity index (χ4n) is 3.12. The zero-order valence-electron chi connectivity index (χ0n) is 15.3. The molecule has 1 aromatic heterocycles. The highest BCUT2D eigenvalue weighted by molar-refractivity contribution is 5.94. The van der Waals surface area contributed by atoms with Gasteiger partial charge in [0.05, 0.1) is 21.3 Å². The van der Waals surface area contributed by atoms with Gasteiger partial charge in [-0.3, -0.25) is 9.89 Å². The van der Waals surface area contributed by atoms with Crippen LogP contribution in [-0.4, -0.2) is 50.5 Å². The number of fused-ring (bicyclic) bond motifs is 1. The van der Waals surface area contributed by atoms with Crippen LogP contribution in [0, 0.1) is 0 Å². The molecule has 8 nitrogen and oxygen atoms in total. The molecule has 0 saturated carbocycles. The molecule has 0 unspecified atom stereocenters. The Bertz CT molecular complexity index is 762. The first kappa shape index (κ1) is 18.1. The molecule has 3 rings (SSSR count). The monoisotopic (exact) mass is 360 g/mol. The number of aromatic amines is 1. The van der Waals surface area contributed by atoms with Crippen LogP contribution in [0.4, 0.5) is 0 Å². The number of carbonyl (C=O) groups is 1. The number of carbonyl (C=O) groups excluding carboxylic acids is 1. The molecular weight excluding hydrogens is 336 g/mol. The molecule has 0 atom stereocenters. The highest BCUT2D eigenvalue weighted by Gasteiger charge is 2.21. The van der Waals surface area contributed by atoms with E-state index < -0.39 is 0 Å². The van der Waals surface area contributed by atoms with Gasteiger partial charge in [-0.15, -0.1) is 0 Å². The maximum absolute atomic E-state index is 12.5. The van der Waals surface area contributed by atoms with Crippen LogP contribution in [0.15, 0.2) is 12.1 Å². The molecule has 0 spiro atoms. The summed E-state index contributed by atoms with van der Waals surface area (Å²) in [6.45, 7) is 2.00. The minimum atomic E-state index is -0.183. The Morgan fingerprint density at radius 3 is 2.58 bits per heavy atom. The van der Waals surface area contributed by atoms with Gasteiger partial charge in [-0.1, -0.05) is 0 Å². The summed E-state index contributed by atoms with van der Waals surface area (Å²) in [6, 6.07) is 3.60. The SMILES string of the molecule is COc1cc(OC)c(CCNC(=O)c2n[nH]c3c2CNCC3)c(OC)c1. The van der Waals surface area contributed by atoms with Gasteiger partial charge >= 0.3 is 0 Å². The van der Waals surface area contributed by atoms with Gasteiger partial charge in [0.2, 0.25) is 0 Å². The lowest BCUT2D eigenvalue weighted by atomic mass is 10.1. The normalized spacial score (nSPS) is 13.0. The van der Waals surface area contributed by atoms with Gasteiger partial charge in [-0.05, 0) is 6.42 Å². The number of hydrogen-bond donors (Lipinski definition) is 3. The van der Waals surface area contributed by atoms with E-state index in [-0.39, 0.29) is 5.91 Å². The van der Waals surface area contributed by atoms with Crippen LogP contribution in [0.25, 0.3) is 0 Å². The number of aromatic nitrogens is 2. The average molecular weight is 360 g/mol. The van der Waals surface area contributed by atoms with Crippen molar-refractivity contribution >= 4 is 5.91 Å². The maximum atomic E-state index is 12.5. The van der Waals surface area contributed by atoms with Crippen molar-refractivity contribution in [2.24, 2.45) is 0 Å². The standard InChI is InChI=1S/C18H24N4O4/c1-24-11-8-15(25-2)12(16(9-11)26-3)4-7-20-18(23)17-13-10-19-6-5-14(13)21-22-17/h8-9,19H,4-7,10H2,1-3H3,(H,20,23)(H,21,22). The topological polar surface area (TPSA) is 97.5 Å². The van der Waals surface area contributed by atoms with Gasteiger partial charge in [0.25, 0.3) is 5.91 Å². The zero-order chi connectivity index (χ0) is 18.5. The van der Waals surface area contributed by atoms with Crippen molar-refractivity contribution in [3.8, 4) is 17.2 Å². The van der Waals surface area contributed by atoms with Crippen molar-refractivity contribution in [1.29, 1.82) is 0 Å². The van der Waals surface area contributed by atoms with Crippen molar-refractivity contribution in [3.05, 3.63) is 34.6 Å². The molecule has 0 saturated heterocycles.